The highest BCUT2D eigenvalue weighted by atomic mass is 28.4. The first-order valence-electron chi connectivity index (χ1n) is 3.91. The van der Waals surface area contributed by atoms with Gasteiger partial charge >= 0.3 is 9.05 Å². The van der Waals surface area contributed by atoms with Crippen LogP contribution in [0.5, 0.6) is 0 Å². The van der Waals surface area contributed by atoms with Crippen LogP contribution < -0.4 is 0 Å². The Morgan fingerprint density at radius 2 is 1.23 bits per heavy atom. The predicted octanol–water partition coefficient (Wildman–Crippen LogP) is 1.11. The third kappa shape index (κ3) is 4.70. The van der Waals surface area contributed by atoms with Crippen molar-refractivity contribution in [2.75, 3.05) is 21.3 Å². The molecule has 0 aliphatic rings. The predicted molar refractivity (Wildman–Crippen MR) is 48.7 cm³/mol. The van der Waals surface area contributed by atoms with Crippen molar-refractivity contribution in [3.8, 4) is 0 Å². The SMILES string of the molecule is CO[Si](OC)(OC)OOC(C)(C)C. The lowest BCUT2D eigenvalue weighted by Gasteiger charge is -2.26. The van der Waals surface area contributed by atoms with E-state index in [0.717, 1.165) is 0 Å². The van der Waals surface area contributed by atoms with E-state index >= 15 is 0 Å². The van der Waals surface area contributed by atoms with E-state index in [1.807, 2.05) is 20.8 Å². The van der Waals surface area contributed by atoms with Crippen LogP contribution in [0.1, 0.15) is 20.8 Å². The molecule has 6 heteroatoms. The van der Waals surface area contributed by atoms with E-state index in [1.54, 1.807) is 0 Å². The first-order valence-corrected chi connectivity index (χ1v) is 5.55. The molecule has 0 aliphatic carbocycles. The molecule has 0 radical (unpaired) electrons. The highest BCUT2D eigenvalue weighted by Gasteiger charge is 2.45. The minimum absolute atomic E-state index is 0.423. The second-order valence-corrected chi connectivity index (χ2v) is 5.78. The molecule has 0 fully saturated rings. The summed E-state index contributed by atoms with van der Waals surface area (Å²) < 4.78 is 20.0. The summed E-state index contributed by atoms with van der Waals surface area (Å²) in [6, 6.07) is 0. The van der Waals surface area contributed by atoms with Crippen LogP contribution in [0.4, 0.5) is 0 Å². The van der Waals surface area contributed by atoms with Crippen molar-refractivity contribution in [3.05, 3.63) is 0 Å². The fraction of sp³-hybridized carbons (Fsp3) is 1.00. The fourth-order valence-corrected chi connectivity index (χ4v) is 1.58. The van der Waals surface area contributed by atoms with Gasteiger partial charge in [-0.15, -0.1) is 0 Å². The van der Waals surface area contributed by atoms with Crippen molar-refractivity contribution >= 4 is 9.05 Å². The Bertz CT molecular complexity index is 132. The summed E-state index contributed by atoms with van der Waals surface area (Å²) in [5.41, 5.74) is -0.423. The second-order valence-electron chi connectivity index (χ2n) is 3.39. The standard InChI is InChI=1S/C7H18O5Si/c1-7(2,3)11-12-13(8-4,9-5)10-6/h1-6H3. The van der Waals surface area contributed by atoms with Crippen molar-refractivity contribution < 1.29 is 22.7 Å². The van der Waals surface area contributed by atoms with E-state index in [0.29, 0.717) is 0 Å². The van der Waals surface area contributed by atoms with Gasteiger partial charge < -0.3 is 13.3 Å². The van der Waals surface area contributed by atoms with Crippen LogP contribution in [0.3, 0.4) is 0 Å². The zero-order valence-electron chi connectivity index (χ0n) is 9.04. The smallest absolute Gasteiger partial charge is 0.353 e. The number of rotatable bonds is 5. The Hall–Kier alpha value is 0.0169. The minimum atomic E-state index is -3.05. The second kappa shape index (κ2) is 5.04. The van der Waals surface area contributed by atoms with Crippen LogP contribution >= 0.6 is 0 Å². The monoisotopic (exact) mass is 210 g/mol. The van der Waals surface area contributed by atoms with Crippen LogP contribution in [0.15, 0.2) is 0 Å². The average molecular weight is 210 g/mol. The largest absolute Gasteiger partial charge is 0.707 e. The van der Waals surface area contributed by atoms with E-state index in [2.05, 4.69) is 0 Å². The van der Waals surface area contributed by atoms with E-state index in [-0.39, 0.29) is 0 Å². The molecular formula is C7H18O5Si. The molecule has 0 N–H and O–H groups in total. The Morgan fingerprint density at radius 1 is 0.846 bits per heavy atom. The molecule has 0 atom stereocenters. The quantitative estimate of drug-likeness (QED) is 0.386. The third-order valence-electron chi connectivity index (χ3n) is 1.14. The molecule has 0 aliphatic heterocycles. The molecule has 0 amide bonds. The van der Waals surface area contributed by atoms with Gasteiger partial charge in [0, 0.05) is 21.3 Å². The molecule has 0 rings (SSSR count). The van der Waals surface area contributed by atoms with E-state index in [1.165, 1.54) is 21.3 Å². The molecule has 0 saturated carbocycles. The summed E-state index contributed by atoms with van der Waals surface area (Å²) in [6.45, 7) is 5.56. The van der Waals surface area contributed by atoms with Crippen LogP contribution in [-0.2, 0) is 22.7 Å². The maximum atomic E-state index is 5.05. The van der Waals surface area contributed by atoms with Gasteiger partial charge in [-0.05, 0) is 20.8 Å². The lowest BCUT2D eigenvalue weighted by molar-refractivity contribution is -0.322. The molecular weight excluding hydrogens is 192 g/mol. The third-order valence-corrected chi connectivity index (χ3v) is 2.93. The normalized spacial score (nSPS) is 13.4. The Labute approximate surface area is 80.3 Å². The molecule has 0 spiro atoms. The first kappa shape index (κ1) is 13.0. The zero-order chi connectivity index (χ0) is 10.5. The molecule has 0 aromatic rings. The molecule has 0 aromatic heterocycles. The van der Waals surface area contributed by atoms with Crippen LogP contribution in [-0.4, -0.2) is 36.0 Å². The maximum absolute atomic E-state index is 5.05. The molecule has 0 aromatic carbocycles. The van der Waals surface area contributed by atoms with Gasteiger partial charge in [0.1, 0.15) is 0 Å². The average Bonchev–Trinajstić information content (AvgIpc) is 2.06. The minimum Gasteiger partial charge on any atom is -0.353 e. The van der Waals surface area contributed by atoms with E-state index in [4.69, 9.17) is 22.7 Å². The van der Waals surface area contributed by atoms with Gasteiger partial charge in [-0.3, -0.25) is 0 Å². The Morgan fingerprint density at radius 3 is 1.46 bits per heavy atom. The van der Waals surface area contributed by atoms with Crippen molar-refractivity contribution in [3.63, 3.8) is 0 Å². The highest BCUT2D eigenvalue weighted by molar-refractivity contribution is 6.53. The zero-order valence-corrected chi connectivity index (χ0v) is 10.0. The molecule has 0 bridgehead atoms. The Kier molecular flexibility index (Phi) is 5.04. The van der Waals surface area contributed by atoms with Crippen LogP contribution in [0.2, 0.25) is 0 Å². The first-order chi connectivity index (χ1) is 5.89. The Balaban J connectivity index is 4.11. The van der Waals surface area contributed by atoms with E-state index < -0.39 is 14.6 Å². The lowest BCUT2D eigenvalue weighted by atomic mass is 10.2. The maximum Gasteiger partial charge on any atom is 0.707 e. The fourth-order valence-electron chi connectivity index (χ4n) is 0.528. The molecule has 0 unspecified atom stereocenters. The lowest BCUT2D eigenvalue weighted by Crippen LogP contribution is -2.48. The van der Waals surface area contributed by atoms with Gasteiger partial charge in [0.05, 0.1) is 5.60 Å². The van der Waals surface area contributed by atoms with Crippen LogP contribution in [0, 0.1) is 0 Å². The summed E-state index contributed by atoms with van der Waals surface area (Å²) in [6.07, 6.45) is 0. The number of hydrogen-bond acceptors (Lipinski definition) is 5. The summed E-state index contributed by atoms with van der Waals surface area (Å²) >= 11 is 0. The van der Waals surface area contributed by atoms with Gasteiger partial charge in [-0.2, -0.15) is 4.58 Å². The summed E-state index contributed by atoms with van der Waals surface area (Å²) in [5.74, 6) is 0. The topological polar surface area (TPSA) is 46.2 Å². The number of hydrogen-bond donors (Lipinski definition) is 0. The van der Waals surface area contributed by atoms with Crippen molar-refractivity contribution in [2.45, 2.75) is 26.4 Å². The molecule has 80 valence electrons. The van der Waals surface area contributed by atoms with Gasteiger partial charge in [0.15, 0.2) is 0 Å². The highest BCUT2D eigenvalue weighted by Crippen LogP contribution is 2.14. The van der Waals surface area contributed by atoms with Gasteiger partial charge in [-0.25, -0.2) is 4.89 Å². The molecule has 5 nitrogen and oxygen atoms in total. The van der Waals surface area contributed by atoms with Crippen molar-refractivity contribution in [1.29, 1.82) is 0 Å². The van der Waals surface area contributed by atoms with Crippen LogP contribution in [0.25, 0.3) is 0 Å². The van der Waals surface area contributed by atoms with Gasteiger partial charge in [0.25, 0.3) is 0 Å². The summed E-state index contributed by atoms with van der Waals surface area (Å²) in [7, 11) is 1.30. The molecule has 13 heavy (non-hydrogen) atoms. The van der Waals surface area contributed by atoms with E-state index in [9.17, 15) is 0 Å². The van der Waals surface area contributed by atoms with Gasteiger partial charge in [-0.1, -0.05) is 0 Å². The summed E-state index contributed by atoms with van der Waals surface area (Å²) in [5, 5.41) is 0. The van der Waals surface area contributed by atoms with Crippen molar-refractivity contribution in [2.24, 2.45) is 0 Å². The molecule has 0 heterocycles. The van der Waals surface area contributed by atoms with Crippen molar-refractivity contribution in [1.82, 2.24) is 0 Å². The molecule has 0 saturated heterocycles. The van der Waals surface area contributed by atoms with Gasteiger partial charge in [0.2, 0.25) is 0 Å². The summed E-state index contributed by atoms with van der Waals surface area (Å²) in [4.78, 5) is 5.05.